The SMILES string of the molecule is CCc1cc(I)n(CC)n1. The molecule has 0 aliphatic heterocycles. The minimum absolute atomic E-state index is 0.971. The van der Waals surface area contributed by atoms with Crippen LogP contribution in [0.3, 0.4) is 0 Å². The van der Waals surface area contributed by atoms with Gasteiger partial charge in [-0.05, 0) is 42.0 Å². The van der Waals surface area contributed by atoms with E-state index in [1.807, 2.05) is 4.68 Å². The van der Waals surface area contributed by atoms with E-state index in [-0.39, 0.29) is 0 Å². The van der Waals surface area contributed by atoms with E-state index in [2.05, 4.69) is 47.6 Å². The summed E-state index contributed by atoms with van der Waals surface area (Å²) in [5.41, 5.74) is 1.19. The zero-order valence-corrected chi connectivity index (χ0v) is 8.42. The zero-order chi connectivity index (χ0) is 7.56. The van der Waals surface area contributed by atoms with Crippen molar-refractivity contribution in [2.75, 3.05) is 0 Å². The van der Waals surface area contributed by atoms with E-state index >= 15 is 0 Å². The average Bonchev–Trinajstić information content (AvgIpc) is 2.30. The van der Waals surface area contributed by atoms with Crippen LogP contribution in [0, 0.1) is 3.70 Å². The summed E-state index contributed by atoms with van der Waals surface area (Å²) < 4.78 is 3.25. The van der Waals surface area contributed by atoms with Crippen LogP contribution >= 0.6 is 22.6 Å². The highest BCUT2D eigenvalue weighted by molar-refractivity contribution is 14.1. The number of rotatable bonds is 2. The number of nitrogens with zero attached hydrogens (tertiary/aromatic N) is 2. The summed E-state index contributed by atoms with van der Waals surface area (Å²) in [5, 5.41) is 4.36. The molecule has 3 heteroatoms. The van der Waals surface area contributed by atoms with E-state index in [4.69, 9.17) is 0 Å². The van der Waals surface area contributed by atoms with Gasteiger partial charge in [0.25, 0.3) is 0 Å². The van der Waals surface area contributed by atoms with Crippen LogP contribution in [-0.2, 0) is 13.0 Å². The van der Waals surface area contributed by atoms with Gasteiger partial charge in [0.1, 0.15) is 0 Å². The van der Waals surface area contributed by atoms with E-state index in [9.17, 15) is 0 Å². The standard InChI is InChI=1S/C7H11IN2/c1-3-6-5-7(8)10(4-2)9-6/h5H,3-4H2,1-2H3. The molecule has 0 aliphatic carbocycles. The van der Waals surface area contributed by atoms with Gasteiger partial charge in [0.15, 0.2) is 0 Å². The first-order chi connectivity index (χ1) is 4.77. The van der Waals surface area contributed by atoms with Gasteiger partial charge in [-0.25, -0.2) is 0 Å². The molecular formula is C7H11IN2. The first-order valence-corrected chi connectivity index (χ1v) is 4.58. The molecule has 1 rings (SSSR count). The number of halogens is 1. The van der Waals surface area contributed by atoms with E-state index < -0.39 is 0 Å². The normalized spacial score (nSPS) is 10.3. The molecule has 0 unspecified atom stereocenters. The molecule has 0 aromatic carbocycles. The summed E-state index contributed by atoms with van der Waals surface area (Å²) in [6.07, 6.45) is 1.03. The fourth-order valence-corrected chi connectivity index (χ4v) is 1.65. The minimum atomic E-state index is 0.971. The molecule has 0 bridgehead atoms. The van der Waals surface area contributed by atoms with Crippen LogP contribution in [0.5, 0.6) is 0 Å². The van der Waals surface area contributed by atoms with Crippen LogP contribution in [0.25, 0.3) is 0 Å². The monoisotopic (exact) mass is 250 g/mol. The molecule has 0 aliphatic rings. The predicted molar refractivity (Wildman–Crippen MR) is 50.0 cm³/mol. The maximum absolute atomic E-state index is 4.36. The third-order valence-electron chi connectivity index (χ3n) is 1.44. The molecular weight excluding hydrogens is 239 g/mol. The Morgan fingerprint density at radius 3 is 2.60 bits per heavy atom. The molecule has 0 radical (unpaired) electrons. The highest BCUT2D eigenvalue weighted by atomic mass is 127. The van der Waals surface area contributed by atoms with Gasteiger partial charge in [-0.3, -0.25) is 4.68 Å². The van der Waals surface area contributed by atoms with Crippen LogP contribution in [0.1, 0.15) is 19.5 Å². The molecule has 0 amide bonds. The molecule has 0 saturated carbocycles. The van der Waals surface area contributed by atoms with Crippen LogP contribution in [0.2, 0.25) is 0 Å². The fourth-order valence-electron chi connectivity index (χ4n) is 0.838. The van der Waals surface area contributed by atoms with Gasteiger partial charge in [-0.2, -0.15) is 5.10 Å². The van der Waals surface area contributed by atoms with Gasteiger partial charge in [0, 0.05) is 6.54 Å². The maximum Gasteiger partial charge on any atom is 0.0992 e. The number of aryl methyl sites for hydroxylation is 2. The van der Waals surface area contributed by atoms with Gasteiger partial charge >= 0.3 is 0 Å². The highest BCUT2D eigenvalue weighted by Gasteiger charge is 1.99. The summed E-state index contributed by atoms with van der Waals surface area (Å²) in [5.74, 6) is 0. The topological polar surface area (TPSA) is 17.8 Å². The Morgan fingerprint density at radius 1 is 1.60 bits per heavy atom. The van der Waals surface area contributed by atoms with Crippen molar-refractivity contribution in [3.8, 4) is 0 Å². The molecule has 0 N–H and O–H groups in total. The number of aromatic nitrogens is 2. The zero-order valence-electron chi connectivity index (χ0n) is 6.26. The predicted octanol–water partition coefficient (Wildman–Crippen LogP) is 2.07. The molecule has 1 aromatic heterocycles. The maximum atomic E-state index is 4.36. The van der Waals surface area contributed by atoms with Crippen molar-refractivity contribution in [1.82, 2.24) is 9.78 Å². The van der Waals surface area contributed by atoms with Gasteiger partial charge < -0.3 is 0 Å². The lowest BCUT2D eigenvalue weighted by Crippen LogP contribution is -1.98. The van der Waals surface area contributed by atoms with Crippen LogP contribution in [0.4, 0.5) is 0 Å². The lowest BCUT2D eigenvalue weighted by molar-refractivity contribution is 0.634. The van der Waals surface area contributed by atoms with Crippen molar-refractivity contribution in [3.05, 3.63) is 15.5 Å². The first-order valence-electron chi connectivity index (χ1n) is 3.50. The van der Waals surface area contributed by atoms with E-state index in [1.165, 1.54) is 9.39 Å². The lowest BCUT2D eigenvalue weighted by Gasteiger charge is -1.94. The Balaban J connectivity index is 2.92. The Morgan fingerprint density at radius 2 is 2.30 bits per heavy atom. The van der Waals surface area contributed by atoms with Gasteiger partial charge in [-0.1, -0.05) is 6.92 Å². The van der Waals surface area contributed by atoms with Crippen LogP contribution in [-0.4, -0.2) is 9.78 Å². The molecule has 0 spiro atoms. The average molecular weight is 250 g/mol. The van der Waals surface area contributed by atoms with Crippen molar-refractivity contribution in [1.29, 1.82) is 0 Å². The van der Waals surface area contributed by atoms with Crippen molar-refractivity contribution in [3.63, 3.8) is 0 Å². The van der Waals surface area contributed by atoms with E-state index in [1.54, 1.807) is 0 Å². The minimum Gasteiger partial charge on any atom is -0.259 e. The van der Waals surface area contributed by atoms with Crippen LogP contribution in [0.15, 0.2) is 6.07 Å². The third kappa shape index (κ3) is 1.51. The Kier molecular flexibility index (Phi) is 2.71. The van der Waals surface area contributed by atoms with Crippen LogP contribution < -0.4 is 0 Å². The summed E-state index contributed by atoms with van der Waals surface area (Å²) >= 11 is 2.31. The second kappa shape index (κ2) is 3.37. The second-order valence-corrected chi connectivity index (χ2v) is 3.23. The Labute approximate surface area is 74.8 Å². The van der Waals surface area contributed by atoms with Crippen molar-refractivity contribution >= 4 is 22.6 Å². The summed E-state index contributed by atoms with van der Waals surface area (Å²) in [7, 11) is 0. The molecule has 10 heavy (non-hydrogen) atoms. The quantitative estimate of drug-likeness (QED) is 0.734. The molecule has 1 aromatic rings. The Hall–Kier alpha value is -0.0600. The van der Waals surface area contributed by atoms with Crippen molar-refractivity contribution in [2.24, 2.45) is 0 Å². The van der Waals surface area contributed by atoms with E-state index in [0.29, 0.717) is 0 Å². The fraction of sp³-hybridized carbons (Fsp3) is 0.571. The summed E-state index contributed by atoms with van der Waals surface area (Å²) in [6, 6.07) is 2.13. The van der Waals surface area contributed by atoms with Gasteiger partial charge in [0.2, 0.25) is 0 Å². The van der Waals surface area contributed by atoms with Crippen molar-refractivity contribution < 1.29 is 0 Å². The largest absolute Gasteiger partial charge is 0.259 e. The summed E-state index contributed by atoms with van der Waals surface area (Å²) in [4.78, 5) is 0. The second-order valence-electron chi connectivity index (χ2n) is 2.13. The van der Waals surface area contributed by atoms with Crippen molar-refractivity contribution in [2.45, 2.75) is 26.8 Å². The highest BCUT2D eigenvalue weighted by Crippen LogP contribution is 2.07. The smallest absolute Gasteiger partial charge is 0.0992 e. The number of hydrogen-bond donors (Lipinski definition) is 0. The molecule has 1 heterocycles. The third-order valence-corrected chi connectivity index (χ3v) is 2.31. The van der Waals surface area contributed by atoms with Gasteiger partial charge in [0.05, 0.1) is 9.39 Å². The Bertz CT molecular complexity index is 217. The molecule has 0 saturated heterocycles. The molecule has 0 atom stereocenters. The molecule has 56 valence electrons. The first kappa shape index (κ1) is 8.04. The lowest BCUT2D eigenvalue weighted by atomic mass is 10.4. The summed E-state index contributed by atoms with van der Waals surface area (Å²) in [6.45, 7) is 5.20. The van der Waals surface area contributed by atoms with Gasteiger partial charge in [-0.15, -0.1) is 0 Å². The number of hydrogen-bond acceptors (Lipinski definition) is 1. The van der Waals surface area contributed by atoms with E-state index in [0.717, 1.165) is 13.0 Å². The molecule has 0 fully saturated rings. The molecule has 2 nitrogen and oxygen atoms in total.